The summed E-state index contributed by atoms with van der Waals surface area (Å²) in [7, 11) is 3.42. The number of rotatable bonds is 9. The number of nitrogens with zero attached hydrogens (tertiary/aromatic N) is 3. The highest BCUT2D eigenvalue weighted by Crippen LogP contribution is 2.21. The number of carbonyl (C=O) groups is 3. The lowest BCUT2D eigenvalue weighted by molar-refractivity contribution is -0.140. The van der Waals surface area contributed by atoms with Crippen molar-refractivity contribution < 1.29 is 19.1 Å². The molecule has 2 saturated heterocycles. The molecule has 0 aliphatic carbocycles. The molecule has 6 N–H and O–H groups in total. The number of nitrogens with one attached hydrogen (secondary N) is 2. The lowest BCUT2D eigenvalue weighted by atomic mass is 9.95. The Morgan fingerprint density at radius 2 is 1.80 bits per heavy atom. The van der Waals surface area contributed by atoms with Gasteiger partial charge in [0.15, 0.2) is 5.84 Å². The second kappa shape index (κ2) is 11.7. The first kappa shape index (κ1) is 26.0. The number of hydrogen-bond acceptors (Lipinski definition) is 8. The summed E-state index contributed by atoms with van der Waals surface area (Å²) < 4.78 is 4.72. The van der Waals surface area contributed by atoms with E-state index in [9.17, 15) is 14.4 Å². The average Bonchev–Trinajstić information content (AvgIpc) is 3.13. The van der Waals surface area contributed by atoms with Crippen molar-refractivity contribution in [3.05, 3.63) is 46.9 Å². The minimum atomic E-state index is -0.451. The van der Waals surface area contributed by atoms with Gasteiger partial charge in [0.25, 0.3) is 0 Å². The van der Waals surface area contributed by atoms with E-state index in [-0.39, 0.29) is 48.1 Å². The van der Waals surface area contributed by atoms with Crippen LogP contribution >= 0.6 is 0 Å². The molecule has 0 bridgehead atoms. The largest absolute Gasteiger partial charge is 0.469 e. The van der Waals surface area contributed by atoms with Gasteiger partial charge in [-0.2, -0.15) is 0 Å². The fourth-order valence-electron chi connectivity index (χ4n) is 4.31. The molecule has 0 radical (unpaired) electrons. The molecule has 190 valence electrons. The third-order valence-electron chi connectivity index (χ3n) is 6.43. The van der Waals surface area contributed by atoms with E-state index < -0.39 is 6.03 Å². The minimum absolute atomic E-state index is 0.0373. The van der Waals surface area contributed by atoms with Gasteiger partial charge in [0.2, 0.25) is 5.91 Å². The van der Waals surface area contributed by atoms with E-state index >= 15 is 0 Å². The number of carbonyl (C=O) groups excluding carboxylic acids is 3. The summed E-state index contributed by atoms with van der Waals surface area (Å²) in [5.41, 5.74) is 13.0. The predicted molar refractivity (Wildman–Crippen MR) is 131 cm³/mol. The highest BCUT2D eigenvalue weighted by atomic mass is 16.5. The maximum Gasteiger partial charge on any atom is 0.327 e. The number of amidine groups is 1. The Kier molecular flexibility index (Phi) is 8.69. The van der Waals surface area contributed by atoms with Crippen molar-refractivity contribution in [3.8, 4) is 0 Å². The van der Waals surface area contributed by atoms with Crippen LogP contribution in [0.15, 0.2) is 35.8 Å². The third-order valence-corrected chi connectivity index (χ3v) is 6.43. The number of methoxy groups -OCH3 is 1. The Labute approximate surface area is 205 Å². The lowest BCUT2D eigenvalue weighted by Crippen LogP contribution is -2.42. The number of nitrogens with two attached hydrogens (primary N) is 2. The molecule has 2 aliphatic rings. The van der Waals surface area contributed by atoms with Crippen LogP contribution in [0, 0.1) is 11.3 Å². The number of piperidine rings is 1. The van der Waals surface area contributed by atoms with Crippen LogP contribution in [0.3, 0.4) is 0 Å². The molecule has 3 amide bonds. The number of esters is 1. The van der Waals surface area contributed by atoms with E-state index in [0.717, 1.165) is 37.1 Å². The second-order valence-electron chi connectivity index (χ2n) is 9.02. The van der Waals surface area contributed by atoms with Gasteiger partial charge in [0.05, 0.1) is 13.5 Å². The second-order valence-corrected chi connectivity index (χ2v) is 9.02. The van der Waals surface area contributed by atoms with Crippen LogP contribution in [0.4, 0.5) is 4.79 Å². The van der Waals surface area contributed by atoms with E-state index in [1.165, 1.54) is 12.0 Å². The van der Waals surface area contributed by atoms with Crippen molar-refractivity contribution in [1.82, 2.24) is 20.0 Å². The Morgan fingerprint density at radius 3 is 2.37 bits per heavy atom. The minimum Gasteiger partial charge on any atom is -0.469 e. The molecule has 2 fully saturated rings. The van der Waals surface area contributed by atoms with Crippen molar-refractivity contribution in [2.75, 3.05) is 40.3 Å². The monoisotopic (exact) mass is 485 g/mol. The van der Waals surface area contributed by atoms with Gasteiger partial charge in [-0.15, -0.1) is 0 Å². The fraction of sp³-hybridized carbons (Fsp3) is 0.500. The zero-order chi connectivity index (χ0) is 25.5. The number of likely N-dealkylation sites (tertiary alicyclic amines) is 1. The fourth-order valence-corrected chi connectivity index (χ4v) is 4.31. The zero-order valence-electron chi connectivity index (χ0n) is 20.4. The number of hydrogen-bond donors (Lipinski definition) is 4. The molecule has 1 aromatic rings. The van der Waals surface area contributed by atoms with E-state index in [2.05, 4.69) is 17.3 Å². The summed E-state index contributed by atoms with van der Waals surface area (Å²) in [4.78, 5) is 42.5. The van der Waals surface area contributed by atoms with E-state index in [1.807, 2.05) is 29.2 Å². The first-order chi connectivity index (χ1) is 16.7. The van der Waals surface area contributed by atoms with Crippen LogP contribution < -0.4 is 16.8 Å². The maximum absolute atomic E-state index is 13.4. The lowest BCUT2D eigenvalue weighted by Gasteiger charge is -2.33. The summed E-state index contributed by atoms with van der Waals surface area (Å²) in [6, 6.07) is 7.11. The number of amides is 3. The average molecular weight is 486 g/mol. The normalized spacial score (nSPS) is 16.9. The van der Waals surface area contributed by atoms with Gasteiger partial charge in [-0.1, -0.05) is 24.3 Å². The molecule has 2 aliphatic heterocycles. The molecule has 3 rings (SSSR count). The molecule has 0 unspecified atom stereocenters. The van der Waals surface area contributed by atoms with Crippen LogP contribution in [0.5, 0.6) is 0 Å². The summed E-state index contributed by atoms with van der Waals surface area (Å²) in [6.45, 7) is 2.88. The van der Waals surface area contributed by atoms with Crippen molar-refractivity contribution in [2.24, 2.45) is 17.4 Å². The molecule has 2 heterocycles. The van der Waals surface area contributed by atoms with Gasteiger partial charge in [-0.25, -0.2) is 4.79 Å². The van der Waals surface area contributed by atoms with Crippen LogP contribution in [0.25, 0.3) is 0 Å². The molecule has 0 saturated carbocycles. The van der Waals surface area contributed by atoms with Crippen LogP contribution in [-0.4, -0.2) is 78.8 Å². The standard InChI is InChI=1S/C24H35N7O4/c1-29-12-8-18(9-13-29)23(33)30(15-17-6-4-16(5-7-17)14-19(32)35-2)10-3-11-31-22(27)20(21(25)26)28-24(31)34/h4-7,18,27H,3,8-15,25-26H2,1-2H3,(H,28,34). The highest BCUT2D eigenvalue weighted by molar-refractivity contribution is 6.13. The molecule has 11 heteroatoms. The zero-order valence-corrected chi connectivity index (χ0v) is 20.4. The quantitative estimate of drug-likeness (QED) is 0.372. The molecule has 35 heavy (non-hydrogen) atoms. The predicted octanol–water partition coefficient (Wildman–Crippen LogP) is 0.552. The number of urea groups is 1. The Morgan fingerprint density at radius 1 is 1.17 bits per heavy atom. The van der Waals surface area contributed by atoms with Crippen molar-refractivity contribution >= 4 is 23.7 Å². The summed E-state index contributed by atoms with van der Waals surface area (Å²) in [6.07, 6.45) is 2.31. The van der Waals surface area contributed by atoms with Gasteiger partial charge in [-0.05, 0) is 50.5 Å². The number of ether oxygens (including phenoxy) is 1. The topological polar surface area (TPSA) is 158 Å². The molecule has 0 atom stereocenters. The SMILES string of the molecule is COC(=O)Cc1ccc(CN(CCCN2C(=N)C(=C(N)N)NC2=O)C(=O)C2CCN(C)CC2)cc1. The molecule has 11 nitrogen and oxygen atoms in total. The molecule has 1 aromatic carbocycles. The number of benzene rings is 1. The Balaban J connectivity index is 1.67. The third kappa shape index (κ3) is 6.72. The van der Waals surface area contributed by atoms with E-state index in [4.69, 9.17) is 21.6 Å². The van der Waals surface area contributed by atoms with Crippen LogP contribution in [-0.2, 0) is 27.3 Å². The Hall–Kier alpha value is -3.60. The molecular weight excluding hydrogens is 450 g/mol. The van der Waals surface area contributed by atoms with Crippen molar-refractivity contribution in [1.29, 1.82) is 5.41 Å². The van der Waals surface area contributed by atoms with Gasteiger partial charge < -0.3 is 31.3 Å². The molecule has 0 aromatic heterocycles. The van der Waals surface area contributed by atoms with Gasteiger partial charge in [0, 0.05) is 25.6 Å². The van der Waals surface area contributed by atoms with E-state index in [0.29, 0.717) is 19.5 Å². The summed E-state index contributed by atoms with van der Waals surface area (Å²) in [5, 5.41) is 10.6. The van der Waals surface area contributed by atoms with E-state index in [1.54, 1.807) is 0 Å². The summed E-state index contributed by atoms with van der Waals surface area (Å²) in [5.74, 6) is -0.415. The van der Waals surface area contributed by atoms with Gasteiger partial charge in [0.1, 0.15) is 11.5 Å². The van der Waals surface area contributed by atoms with Crippen molar-refractivity contribution in [3.63, 3.8) is 0 Å². The van der Waals surface area contributed by atoms with Gasteiger partial charge >= 0.3 is 12.0 Å². The maximum atomic E-state index is 13.4. The van der Waals surface area contributed by atoms with Crippen molar-refractivity contribution in [2.45, 2.75) is 32.2 Å². The molecule has 0 spiro atoms. The summed E-state index contributed by atoms with van der Waals surface area (Å²) >= 11 is 0. The first-order valence-corrected chi connectivity index (χ1v) is 11.7. The van der Waals surface area contributed by atoms with Crippen LogP contribution in [0.2, 0.25) is 0 Å². The smallest absolute Gasteiger partial charge is 0.327 e. The molecular formula is C24H35N7O4. The first-order valence-electron chi connectivity index (χ1n) is 11.7. The Bertz CT molecular complexity index is 980. The van der Waals surface area contributed by atoms with Gasteiger partial charge in [-0.3, -0.25) is 19.9 Å². The highest BCUT2D eigenvalue weighted by Gasteiger charge is 2.32. The van der Waals surface area contributed by atoms with Crippen LogP contribution in [0.1, 0.15) is 30.4 Å².